The number of anilines is 1. The molecule has 3 heterocycles. The van der Waals surface area contributed by atoms with E-state index in [0.29, 0.717) is 12.3 Å². The molecule has 0 bridgehead atoms. The lowest BCUT2D eigenvalue weighted by molar-refractivity contribution is -0.00305. The summed E-state index contributed by atoms with van der Waals surface area (Å²) in [6.07, 6.45) is 6.73. The predicted octanol–water partition coefficient (Wildman–Crippen LogP) is 1.53. The van der Waals surface area contributed by atoms with Crippen molar-refractivity contribution in [3.8, 4) is 0 Å². The lowest BCUT2D eigenvalue weighted by Crippen LogP contribution is -2.40. The number of pyridine rings is 1. The third-order valence-electron chi connectivity index (χ3n) is 4.30. The monoisotopic (exact) mass is 329 g/mol. The van der Waals surface area contributed by atoms with Gasteiger partial charge in [-0.1, -0.05) is 0 Å². The summed E-state index contributed by atoms with van der Waals surface area (Å²) in [4.78, 5) is 22.8. The van der Waals surface area contributed by atoms with E-state index in [9.17, 15) is 4.79 Å². The molecule has 2 aromatic rings. The Hall–Kier alpha value is -2.41. The van der Waals surface area contributed by atoms with Crippen LogP contribution in [-0.2, 0) is 11.8 Å². The fraction of sp³-hybridized carbons (Fsp3) is 0.471. The number of carbonyl (C=O) groups is 1. The molecule has 1 aliphatic rings. The van der Waals surface area contributed by atoms with E-state index in [1.54, 1.807) is 18.6 Å². The van der Waals surface area contributed by atoms with E-state index in [0.717, 1.165) is 24.2 Å². The first-order valence-electron chi connectivity index (χ1n) is 8.06. The summed E-state index contributed by atoms with van der Waals surface area (Å²) in [6, 6.07) is 3.74. The smallest absolute Gasteiger partial charge is 0.270 e. The molecule has 0 aliphatic carbocycles. The van der Waals surface area contributed by atoms with Crippen molar-refractivity contribution in [1.82, 2.24) is 19.9 Å². The number of rotatable bonds is 4. The van der Waals surface area contributed by atoms with Gasteiger partial charge in [-0.2, -0.15) is 0 Å². The van der Waals surface area contributed by atoms with E-state index in [1.165, 1.54) is 0 Å². The summed E-state index contributed by atoms with van der Waals surface area (Å²) in [5.74, 6) is -0.144. The van der Waals surface area contributed by atoms with Crippen molar-refractivity contribution in [2.75, 3.05) is 25.6 Å². The van der Waals surface area contributed by atoms with Gasteiger partial charge in [-0.05, 0) is 25.0 Å². The second-order valence-electron chi connectivity index (χ2n) is 6.28. The number of imidazole rings is 1. The third kappa shape index (κ3) is 3.56. The maximum Gasteiger partial charge on any atom is 0.270 e. The predicted molar refractivity (Wildman–Crippen MR) is 91.0 cm³/mol. The molecule has 3 rings (SSSR count). The zero-order valence-corrected chi connectivity index (χ0v) is 14.3. The van der Waals surface area contributed by atoms with Gasteiger partial charge in [0.05, 0.1) is 18.2 Å². The quantitative estimate of drug-likeness (QED) is 0.921. The van der Waals surface area contributed by atoms with Gasteiger partial charge >= 0.3 is 0 Å². The molecule has 1 aliphatic heterocycles. The Labute approximate surface area is 141 Å². The molecule has 2 aromatic heterocycles. The summed E-state index contributed by atoms with van der Waals surface area (Å²) in [6.45, 7) is 0.617. The fourth-order valence-electron chi connectivity index (χ4n) is 2.89. The van der Waals surface area contributed by atoms with E-state index >= 15 is 0 Å². The van der Waals surface area contributed by atoms with Gasteiger partial charge in [0.1, 0.15) is 11.8 Å². The number of hydrogen-bond donors (Lipinski definition) is 1. The number of amides is 1. The molecule has 7 heteroatoms. The first-order valence-corrected chi connectivity index (χ1v) is 8.06. The van der Waals surface area contributed by atoms with Gasteiger partial charge in [0.25, 0.3) is 5.91 Å². The van der Waals surface area contributed by atoms with Gasteiger partial charge in [-0.25, -0.2) is 4.98 Å². The van der Waals surface area contributed by atoms with Crippen LogP contribution in [-0.4, -0.2) is 47.2 Å². The van der Waals surface area contributed by atoms with E-state index in [-0.39, 0.29) is 18.1 Å². The highest BCUT2D eigenvalue weighted by Gasteiger charge is 2.27. The number of hydrogen-bond acceptors (Lipinski definition) is 5. The number of nitrogens with one attached hydrogen (secondary N) is 1. The highest BCUT2D eigenvalue weighted by atomic mass is 16.5. The standard InChI is InChI=1S/C17H23N5O2/c1-21(2)13-4-6-19-14(9-13)17(23)20-12-5-7-24-16(8-12)15-10-18-11-22(15)3/h4,6,9-12,16H,5,7-8H2,1-3H3,(H,20,23)/t12-,16-/m1/s1. The molecule has 128 valence electrons. The van der Waals surface area contributed by atoms with Gasteiger partial charge in [0.15, 0.2) is 0 Å². The molecule has 1 fully saturated rings. The summed E-state index contributed by atoms with van der Waals surface area (Å²) in [5.41, 5.74) is 2.42. The Morgan fingerprint density at radius 2 is 2.29 bits per heavy atom. The highest BCUT2D eigenvalue weighted by Crippen LogP contribution is 2.27. The molecule has 1 N–H and O–H groups in total. The average molecular weight is 329 g/mol. The number of ether oxygens (including phenoxy) is 1. The molecule has 0 unspecified atom stereocenters. The number of nitrogens with zero attached hydrogens (tertiary/aromatic N) is 4. The average Bonchev–Trinajstić information content (AvgIpc) is 3.01. The van der Waals surface area contributed by atoms with Crippen molar-refractivity contribution in [3.05, 3.63) is 42.2 Å². The molecule has 2 atom stereocenters. The third-order valence-corrected chi connectivity index (χ3v) is 4.30. The van der Waals surface area contributed by atoms with Crippen molar-refractivity contribution in [3.63, 3.8) is 0 Å². The van der Waals surface area contributed by atoms with Crippen LogP contribution in [0.4, 0.5) is 5.69 Å². The Morgan fingerprint density at radius 1 is 1.46 bits per heavy atom. The maximum atomic E-state index is 12.5. The zero-order valence-electron chi connectivity index (χ0n) is 14.3. The van der Waals surface area contributed by atoms with E-state index < -0.39 is 0 Å². The minimum atomic E-state index is -0.144. The minimum Gasteiger partial charge on any atom is -0.378 e. The molecular formula is C17H23N5O2. The maximum absolute atomic E-state index is 12.5. The second kappa shape index (κ2) is 7.00. The zero-order chi connectivity index (χ0) is 17.1. The SMILES string of the molecule is CN(C)c1ccnc(C(=O)N[C@@H]2CCO[C@@H](c3cncn3C)C2)c1. The molecule has 24 heavy (non-hydrogen) atoms. The molecule has 0 saturated carbocycles. The molecule has 0 spiro atoms. The number of carbonyl (C=O) groups excluding carboxylic acids is 1. The molecular weight excluding hydrogens is 306 g/mol. The Morgan fingerprint density at radius 3 is 3.00 bits per heavy atom. The second-order valence-corrected chi connectivity index (χ2v) is 6.28. The van der Waals surface area contributed by atoms with Crippen LogP contribution >= 0.6 is 0 Å². The van der Waals surface area contributed by atoms with Crippen molar-refractivity contribution < 1.29 is 9.53 Å². The Bertz CT molecular complexity index is 713. The van der Waals surface area contributed by atoms with Crippen LogP contribution in [0, 0.1) is 0 Å². The highest BCUT2D eigenvalue weighted by molar-refractivity contribution is 5.93. The van der Waals surface area contributed by atoms with Gasteiger partial charge in [-0.3, -0.25) is 9.78 Å². The minimum absolute atomic E-state index is 0.0439. The molecule has 0 aromatic carbocycles. The summed E-state index contributed by atoms with van der Waals surface area (Å²) in [5, 5.41) is 3.08. The van der Waals surface area contributed by atoms with Crippen LogP contribution in [0.3, 0.4) is 0 Å². The van der Waals surface area contributed by atoms with Crippen molar-refractivity contribution in [2.45, 2.75) is 25.0 Å². The summed E-state index contributed by atoms with van der Waals surface area (Å²) < 4.78 is 7.79. The molecule has 0 radical (unpaired) electrons. The van der Waals surface area contributed by atoms with Crippen LogP contribution in [0.25, 0.3) is 0 Å². The van der Waals surface area contributed by atoms with Gasteiger partial charge < -0.3 is 19.5 Å². The summed E-state index contributed by atoms with van der Waals surface area (Å²) in [7, 11) is 5.83. The van der Waals surface area contributed by atoms with Crippen LogP contribution in [0.5, 0.6) is 0 Å². The normalized spacial score (nSPS) is 20.6. The van der Waals surface area contributed by atoms with Gasteiger partial charge in [0.2, 0.25) is 0 Å². The lowest BCUT2D eigenvalue weighted by Gasteiger charge is -2.30. The van der Waals surface area contributed by atoms with Gasteiger partial charge in [0, 0.05) is 45.7 Å². The Balaban J connectivity index is 1.66. The fourth-order valence-corrected chi connectivity index (χ4v) is 2.89. The van der Waals surface area contributed by atoms with Crippen LogP contribution < -0.4 is 10.2 Å². The number of aryl methyl sites for hydroxylation is 1. The van der Waals surface area contributed by atoms with Crippen molar-refractivity contribution >= 4 is 11.6 Å². The van der Waals surface area contributed by atoms with Crippen molar-refractivity contribution in [2.24, 2.45) is 7.05 Å². The topological polar surface area (TPSA) is 72.3 Å². The van der Waals surface area contributed by atoms with Crippen molar-refractivity contribution in [1.29, 1.82) is 0 Å². The van der Waals surface area contributed by atoms with E-state index in [2.05, 4.69) is 15.3 Å². The van der Waals surface area contributed by atoms with Crippen LogP contribution in [0.2, 0.25) is 0 Å². The lowest BCUT2D eigenvalue weighted by atomic mass is 10.0. The first kappa shape index (κ1) is 16.4. The molecule has 1 amide bonds. The first-order chi connectivity index (χ1) is 11.5. The largest absolute Gasteiger partial charge is 0.378 e. The molecule has 1 saturated heterocycles. The van der Waals surface area contributed by atoms with Gasteiger partial charge in [-0.15, -0.1) is 0 Å². The van der Waals surface area contributed by atoms with E-state index in [1.807, 2.05) is 42.9 Å². The van der Waals surface area contributed by atoms with Crippen LogP contribution in [0.1, 0.15) is 35.1 Å². The molecule has 7 nitrogen and oxygen atoms in total. The number of aromatic nitrogens is 3. The van der Waals surface area contributed by atoms with Crippen LogP contribution in [0.15, 0.2) is 30.9 Å². The van der Waals surface area contributed by atoms with E-state index in [4.69, 9.17) is 4.74 Å². The Kier molecular flexibility index (Phi) is 4.80. The summed E-state index contributed by atoms with van der Waals surface area (Å²) >= 11 is 0.